The van der Waals surface area contributed by atoms with Crippen LogP contribution in [0.1, 0.15) is 44.0 Å². The highest BCUT2D eigenvalue weighted by Crippen LogP contribution is 2.26. The smallest absolute Gasteiger partial charge is 0.253 e. The van der Waals surface area contributed by atoms with Crippen LogP contribution in [0.2, 0.25) is 0 Å². The molecule has 0 bridgehead atoms. The van der Waals surface area contributed by atoms with Crippen molar-refractivity contribution in [3.05, 3.63) is 54.1 Å². The Morgan fingerprint density at radius 3 is 2.36 bits per heavy atom. The third-order valence-corrected chi connectivity index (χ3v) is 7.25. The van der Waals surface area contributed by atoms with Gasteiger partial charge in [0.2, 0.25) is 15.9 Å². The number of hydrogen-bond acceptors (Lipinski definition) is 5. The van der Waals surface area contributed by atoms with E-state index in [2.05, 4.69) is 10.6 Å². The normalized spacial score (nSPS) is 17.3. The number of sulfonamides is 1. The lowest BCUT2D eigenvalue weighted by molar-refractivity contribution is -0.120. The van der Waals surface area contributed by atoms with E-state index in [1.54, 1.807) is 36.4 Å². The van der Waals surface area contributed by atoms with Gasteiger partial charge in [0.15, 0.2) is 0 Å². The van der Waals surface area contributed by atoms with Crippen LogP contribution in [0, 0.1) is 5.92 Å². The van der Waals surface area contributed by atoms with Crippen molar-refractivity contribution in [2.45, 2.75) is 44.0 Å². The van der Waals surface area contributed by atoms with Crippen molar-refractivity contribution in [3.8, 4) is 5.75 Å². The topological polar surface area (TPSA) is 105 Å². The zero-order valence-corrected chi connectivity index (χ0v) is 20.2. The molecule has 1 aliphatic heterocycles. The van der Waals surface area contributed by atoms with Crippen LogP contribution in [0.4, 0.5) is 5.69 Å². The van der Waals surface area contributed by atoms with Crippen molar-refractivity contribution >= 4 is 27.5 Å². The summed E-state index contributed by atoms with van der Waals surface area (Å²) in [6.45, 7) is 6.07. The molecular formula is C24H31N3O5S. The molecule has 0 spiro atoms. The van der Waals surface area contributed by atoms with E-state index in [1.165, 1.54) is 23.5 Å². The molecule has 2 aromatic carbocycles. The second kappa shape index (κ2) is 9.93. The van der Waals surface area contributed by atoms with Crippen molar-refractivity contribution in [3.63, 3.8) is 0 Å². The highest BCUT2D eigenvalue weighted by Gasteiger charge is 2.33. The van der Waals surface area contributed by atoms with Crippen molar-refractivity contribution in [2.75, 3.05) is 25.5 Å². The van der Waals surface area contributed by atoms with E-state index in [0.29, 0.717) is 36.4 Å². The molecule has 2 N–H and O–H groups in total. The zero-order chi connectivity index (χ0) is 24.2. The molecule has 33 heavy (non-hydrogen) atoms. The van der Waals surface area contributed by atoms with Crippen LogP contribution in [0.5, 0.6) is 5.75 Å². The van der Waals surface area contributed by atoms with Gasteiger partial charge in [-0.25, -0.2) is 8.42 Å². The summed E-state index contributed by atoms with van der Waals surface area (Å²) in [6, 6.07) is 13.0. The van der Waals surface area contributed by atoms with Gasteiger partial charge >= 0.3 is 0 Å². The van der Waals surface area contributed by atoms with Gasteiger partial charge in [-0.1, -0.05) is 12.1 Å². The van der Waals surface area contributed by atoms with Crippen molar-refractivity contribution in [1.29, 1.82) is 0 Å². The molecule has 0 unspecified atom stereocenters. The Kier molecular flexibility index (Phi) is 7.44. The largest absolute Gasteiger partial charge is 0.497 e. The first kappa shape index (κ1) is 24.7. The van der Waals surface area contributed by atoms with Crippen LogP contribution in [-0.4, -0.2) is 50.3 Å². The summed E-state index contributed by atoms with van der Waals surface area (Å²) in [4.78, 5) is 25.9. The molecule has 178 valence electrons. The lowest BCUT2D eigenvalue weighted by atomic mass is 9.98. The molecule has 1 aliphatic rings. The van der Waals surface area contributed by atoms with Crippen molar-refractivity contribution < 1.29 is 22.7 Å². The Balaban J connectivity index is 1.73. The van der Waals surface area contributed by atoms with E-state index in [-0.39, 0.29) is 23.3 Å². The molecule has 2 amide bonds. The number of nitrogens with one attached hydrogen (secondary N) is 2. The van der Waals surface area contributed by atoms with Crippen molar-refractivity contribution in [2.24, 2.45) is 5.92 Å². The average molecular weight is 474 g/mol. The minimum Gasteiger partial charge on any atom is -0.497 e. The summed E-state index contributed by atoms with van der Waals surface area (Å²) in [6.07, 6.45) is 1.14. The number of piperidine rings is 1. The van der Waals surface area contributed by atoms with Gasteiger partial charge in [-0.2, -0.15) is 4.31 Å². The molecule has 2 aromatic rings. The van der Waals surface area contributed by atoms with Gasteiger partial charge < -0.3 is 15.4 Å². The van der Waals surface area contributed by atoms with Gasteiger partial charge in [0.25, 0.3) is 5.91 Å². The first-order valence-electron chi connectivity index (χ1n) is 10.9. The molecule has 0 radical (unpaired) electrons. The molecule has 0 aliphatic carbocycles. The van der Waals surface area contributed by atoms with Gasteiger partial charge in [-0.3, -0.25) is 9.59 Å². The lowest BCUT2D eigenvalue weighted by Gasteiger charge is -2.31. The van der Waals surface area contributed by atoms with Crippen LogP contribution in [0.25, 0.3) is 0 Å². The van der Waals surface area contributed by atoms with Crippen LogP contribution in [0.15, 0.2) is 53.4 Å². The van der Waals surface area contributed by atoms with Crippen LogP contribution in [0.3, 0.4) is 0 Å². The summed E-state index contributed by atoms with van der Waals surface area (Å²) in [5.41, 5.74) is 0.340. The maximum atomic E-state index is 13.1. The number of hydrogen-bond donors (Lipinski definition) is 2. The lowest BCUT2D eigenvalue weighted by Crippen LogP contribution is -2.44. The first-order chi connectivity index (χ1) is 15.5. The molecule has 9 heteroatoms. The number of methoxy groups -OCH3 is 1. The SMILES string of the molecule is COc1ccc(S(=O)(=O)N2CCC[C@@H](C(=O)Nc3ccccc3C(=O)NC(C)(C)C)C2)cc1. The number of amides is 2. The van der Waals surface area contributed by atoms with E-state index in [9.17, 15) is 18.0 Å². The first-order valence-corrected chi connectivity index (χ1v) is 12.3. The van der Waals surface area contributed by atoms with Crippen LogP contribution < -0.4 is 15.4 Å². The summed E-state index contributed by atoms with van der Waals surface area (Å²) in [7, 11) is -2.22. The third-order valence-electron chi connectivity index (χ3n) is 5.37. The quantitative estimate of drug-likeness (QED) is 0.670. The molecule has 1 heterocycles. The van der Waals surface area contributed by atoms with E-state index >= 15 is 0 Å². The maximum Gasteiger partial charge on any atom is 0.253 e. The fourth-order valence-corrected chi connectivity index (χ4v) is 5.23. The number of carbonyl (C=O) groups excluding carboxylic acids is 2. The molecule has 0 aromatic heterocycles. The number of ether oxygens (including phenoxy) is 1. The van der Waals surface area contributed by atoms with Gasteiger partial charge in [-0.05, 0) is 70.0 Å². The predicted molar refractivity (Wildman–Crippen MR) is 127 cm³/mol. The van der Waals surface area contributed by atoms with E-state index in [0.717, 1.165) is 0 Å². The summed E-state index contributed by atoms with van der Waals surface area (Å²) in [5, 5.41) is 5.73. The molecule has 8 nitrogen and oxygen atoms in total. The fourth-order valence-electron chi connectivity index (χ4n) is 3.70. The zero-order valence-electron chi connectivity index (χ0n) is 19.4. The Hall–Kier alpha value is -2.91. The van der Waals surface area contributed by atoms with Crippen LogP contribution in [-0.2, 0) is 14.8 Å². The minimum absolute atomic E-state index is 0.0799. The van der Waals surface area contributed by atoms with Gasteiger partial charge in [0.1, 0.15) is 5.75 Å². The second-order valence-electron chi connectivity index (χ2n) is 9.12. The van der Waals surface area contributed by atoms with E-state index in [1.807, 2.05) is 20.8 Å². The minimum atomic E-state index is -3.73. The van der Waals surface area contributed by atoms with Crippen LogP contribution >= 0.6 is 0 Å². The number of nitrogens with zero attached hydrogens (tertiary/aromatic N) is 1. The fraction of sp³-hybridized carbons (Fsp3) is 0.417. The number of benzene rings is 2. The predicted octanol–water partition coefficient (Wildman–Crippen LogP) is 3.26. The maximum absolute atomic E-state index is 13.1. The summed E-state index contributed by atoms with van der Waals surface area (Å²) in [5.74, 6) is -0.545. The number of carbonyl (C=O) groups is 2. The molecule has 3 rings (SSSR count). The Morgan fingerprint density at radius 2 is 1.73 bits per heavy atom. The van der Waals surface area contributed by atoms with E-state index in [4.69, 9.17) is 4.74 Å². The van der Waals surface area contributed by atoms with Gasteiger partial charge in [0, 0.05) is 18.6 Å². The third kappa shape index (κ3) is 6.11. The standard InChI is InChI=1S/C24H31N3O5S/c1-24(2,3)26-23(29)20-9-5-6-10-21(20)25-22(28)17-8-7-15-27(16-17)33(30,31)19-13-11-18(32-4)12-14-19/h5-6,9-14,17H,7-8,15-16H2,1-4H3,(H,25,28)(H,26,29)/t17-/m1/s1. The van der Waals surface area contributed by atoms with Gasteiger partial charge in [0.05, 0.1) is 29.2 Å². The molecular weight excluding hydrogens is 442 g/mol. The Morgan fingerprint density at radius 1 is 1.06 bits per heavy atom. The number of anilines is 1. The molecule has 0 saturated carbocycles. The summed E-state index contributed by atoms with van der Waals surface area (Å²) < 4.78 is 32.6. The molecule has 1 saturated heterocycles. The second-order valence-corrected chi connectivity index (χ2v) is 11.1. The monoisotopic (exact) mass is 473 g/mol. The highest BCUT2D eigenvalue weighted by molar-refractivity contribution is 7.89. The number of rotatable bonds is 6. The van der Waals surface area contributed by atoms with Gasteiger partial charge in [-0.15, -0.1) is 0 Å². The Labute approximate surface area is 195 Å². The summed E-state index contributed by atoms with van der Waals surface area (Å²) >= 11 is 0. The molecule has 1 atom stereocenters. The number of para-hydroxylation sites is 1. The van der Waals surface area contributed by atoms with E-state index < -0.39 is 21.5 Å². The molecule has 1 fully saturated rings. The highest BCUT2D eigenvalue weighted by atomic mass is 32.2. The Bertz CT molecular complexity index is 1110. The average Bonchev–Trinajstić information content (AvgIpc) is 2.78. The van der Waals surface area contributed by atoms with Crippen molar-refractivity contribution in [1.82, 2.24) is 9.62 Å².